The maximum atomic E-state index is 12.3. The summed E-state index contributed by atoms with van der Waals surface area (Å²) in [5, 5.41) is 9.68. The largest absolute Gasteiger partial charge is 0.462 e. The third-order valence-corrected chi connectivity index (χ3v) is 14.9. The van der Waals surface area contributed by atoms with Crippen molar-refractivity contribution in [2.24, 2.45) is 0 Å². The zero-order chi connectivity index (χ0) is 52.0. The van der Waals surface area contributed by atoms with E-state index < -0.39 is 6.10 Å². The lowest BCUT2D eigenvalue weighted by Gasteiger charge is -2.15. The fourth-order valence-corrected chi connectivity index (χ4v) is 10.00. The van der Waals surface area contributed by atoms with E-state index in [0.717, 1.165) is 38.5 Å². The van der Waals surface area contributed by atoms with Crippen LogP contribution in [0.2, 0.25) is 0 Å². The highest BCUT2D eigenvalue weighted by Gasteiger charge is 2.16. The molecule has 0 aromatic carbocycles. The van der Waals surface area contributed by atoms with Crippen LogP contribution in [0.15, 0.2) is 36.5 Å². The summed E-state index contributed by atoms with van der Waals surface area (Å²) in [5.41, 5.74) is 0. The van der Waals surface area contributed by atoms with E-state index in [-0.39, 0.29) is 25.2 Å². The number of rotatable bonds is 61. The van der Waals surface area contributed by atoms with Crippen LogP contribution in [0.5, 0.6) is 0 Å². The first-order valence-corrected chi connectivity index (χ1v) is 32.5. The van der Waals surface area contributed by atoms with Crippen molar-refractivity contribution in [2.45, 2.75) is 367 Å². The van der Waals surface area contributed by atoms with Gasteiger partial charge in [-0.05, 0) is 70.6 Å². The molecule has 0 spiro atoms. The molecule has 0 bridgehead atoms. The highest BCUT2D eigenvalue weighted by Crippen LogP contribution is 2.18. The first-order valence-electron chi connectivity index (χ1n) is 32.5. The lowest BCUT2D eigenvalue weighted by atomic mass is 10.0. The summed E-state index contributed by atoms with van der Waals surface area (Å²) in [7, 11) is 0. The number of aliphatic hydroxyl groups excluding tert-OH is 1. The molecule has 0 aliphatic carbocycles. The Kier molecular flexibility index (Phi) is 61.8. The van der Waals surface area contributed by atoms with Crippen LogP contribution in [-0.4, -0.2) is 36.4 Å². The molecule has 0 rings (SSSR count). The molecule has 0 heterocycles. The quantitative estimate of drug-likeness (QED) is 0.0373. The van der Waals surface area contributed by atoms with E-state index in [0.29, 0.717) is 12.8 Å². The topological polar surface area (TPSA) is 72.8 Å². The van der Waals surface area contributed by atoms with Crippen molar-refractivity contribution >= 4 is 11.9 Å². The Hall–Kier alpha value is -1.88. The van der Waals surface area contributed by atoms with Gasteiger partial charge in [-0.2, -0.15) is 0 Å². The van der Waals surface area contributed by atoms with Crippen LogP contribution in [0.3, 0.4) is 0 Å². The fourth-order valence-electron chi connectivity index (χ4n) is 10.00. The Morgan fingerprint density at radius 1 is 0.319 bits per heavy atom. The molecule has 0 amide bonds. The second-order valence-electron chi connectivity index (χ2n) is 22.2. The average molecular weight is 1010 g/mol. The first-order chi connectivity index (χ1) is 35.6. The zero-order valence-corrected chi connectivity index (χ0v) is 48.7. The Morgan fingerprint density at radius 2 is 0.556 bits per heavy atom. The number of hydrogen-bond donors (Lipinski definition) is 1. The standard InChI is InChI=1S/C67H126O5/c1-3-5-7-9-11-13-15-17-19-21-23-25-27-29-30-31-32-33-34-35-36-38-39-41-43-45-47-49-51-53-55-57-59-61-66(69)71-64-65(63-68)72-67(70)62-60-58-56-54-52-50-48-46-44-42-40-37-28-26-24-22-20-18-16-14-12-10-8-6-4-2/h16,18,21-24,65,68H,3-15,17,19-20,25-64H2,1-2H3/b18-16-,23-21-,24-22-. The molecular formula is C67H126O5. The number of ether oxygens (including phenoxy) is 2. The van der Waals surface area contributed by atoms with Gasteiger partial charge < -0.3 is 14.6 Å². The molecule has 0 fully saturated rings. The van der Waals surface area contributed by atoms with E-state index in [1.807, 2.05) is 0 Å². The molecule has 0 aromatic heterocycles. The summed E-state index contributed by atoms with van der Waals surface area (Å²) in [6.07, 6.45) is 83.0. The van der Waals surface area contributed by atoms with Crippen LogP contribution in [-0.2, 0) is 19.1 Å². The van der Waals surface area contributed by atoms with Crippen LogP contribution in [0.4, 0.5) is 0 Å². The van der Waals surface area contributed by atoms with Crippen LogP contribution < -0.4 is 0 Å². The van der Waals surface area contributed by atoms with Gasteiger partial charge in [-0.15, -0.1) is 0 Å². The first kappa shape index (κ1) is 70.1. The van der Waals surface area contributed by atoms with Gasteiger partial charge in [0.2, 0.25) is 0 Å². The number of aliphatic hydroxyl groups is 1. The third kappa shape index (κ3) is 60.7. The van der Waals surface area contributed by atoms with Crippen molar-refractivity contribution in [3.8, 4) is 0 Å². The lowest BCUT2D eigenvalue weighted by molar-refractivity contribution is -0.161. The lowest BCUT2D eigenvalue weighted by Crippen LogP contribution is -2.28. The Morgan fingerprint density at radius 3 is 0.833 bits per heavy atom. The van der Waals surface area contributed by atoms with Gasteiger partial charge in [0.25, 0.3) is 0 Å². The number of allylic oxidation sites excluding steroid dienone is 6. The summed E-state index contributed by atoms with van der Waals surface area (Å²) in [6, 6.07) is 0. The summed E-state index contributed by atoms with van der Waals surface area (Å²) >= 11 is 0. The van der Waals surface area contributed by atoms with Gasteiger partial charge in [-0.1, -0.05) is 314 Å². The Bertz CT molecular complexity index is 1140. The predicted molar refractivity (Wildman–Crippen MR) is 316 cm³/mol. The number of hydrogen-bond acceptors (Lipinski definition) is 5. The van der Waals surface area contributed by atoms with E-state index in [1.165, 1.54) is 295 Å². The number of carbonyl (C=O) groups is 2. The van der Waals surface area contributed by atoms with E-state index in [4.69, 9.17) is 9.47 Å². The summed E-state index contributed by atoms with van der Waals surface area (Å²) in [5.74, 6) is -0.571. The van der Waals surface area contributed by atoms with Gasteiger partial charge in [0, 0.05) is 12.8 Å². The van der Waals surface area contributed by atoms with E-state index in [2.05, 4.69) is 50.3 Å². The minimum Gasteiger partial charge on any atom is -0.462 e. The van der Waals surface area contributed by atoms with Crippen LogP contribution >= 0.6 is 0 Å². The normalized spacial score (nSPS) is 12.3. The van der Waals surface area contributed by atoms with Gasteiger partial charge in [-0.25, -0.2) is 0 Å². The maximum absolute atomic E-state index is 12.3. The number of carbonyl (C=O) groups excluding carboxylic acids is 2. The van der Waals surface area contributed by atoms with E-state index in [1.54, 1.807) is 0 Å². The molecule has 0 aliphatic heterocycles. The fraction of sp³-hybridized carbons (Fsp3) is 0.881. The second kappa shape index (κ2) is 63.4. The van der Waals surface area contributed by atoms with Gasteiger partial charge in [0.15, 0.2) is 6.10 Å². The number of unbranched alkanes of at least 4 members (excludes halogenated alkanes) is 47. The zero-order valence-electron chi connectivity index (χ0n) is 48.7. The van der Waals surface area contributed by atoms with E-state index >= 15 is 0 Å². The molecule has 1 unspecified atom stereocenters. The van der Waals surface area contributed by atoms with Crippen molar-refractivity contribution in [3.05, 3.63) is 36.5 Å². The van der Waals surface area contributed by atoms with Crippen molar-refractivity contribution in [1.29, 1.82) is 0 Å². The maximum Gasteiger partial charge on any atom is 0.306 e. The highest BCUT2D eigenvalue weighted by molar-refractivity contribution is 5.70. The Balaban J connectivity index is 3.40. The highest BCUT2D eigenvalue weighted by atomic mass is 16.6. The molecule has 0 aliphatic rings. The molecule has 5 nitrogen and oxygen atoms in total. The van der Waals surface area contributed by atoms with Gasteiger partial charge >= 0.3 is 11.9 Å². The summed E-state index contributed by atoms with van der Waals surface area (Å²) in [4.78, 5) is 24.6. The van der Waals surface area contributed by atoms with E-state index in [9.17, 15) is 14.7 Å². The monoisotopic (exact) mass is 1010 g/mol. The van der Waals surface area contributed by atoms with Crippen molar-refractivity contribution in [2.75, 3.05) is 13.2 Å². The minimum absolute atomic E-state index is 0.0609. The van der Waals surface area contributed by atoms with Crippen LogP contribution in [0, 0.1) is 0 Å². The second-order valence-corrected chi connectivity index (χ2v) is 22.2. The SMILES string of the molecule is CCCCCCC/C=C\C/C=C\CCCCCCCCCCCCCCCC(=O)OC(CO)COC(=O)CCCCCCCCCCCCCCCCCCCCCCC/C=C\CCCCCCCCCC. The molecule has 0 saturated heterocycles. The summed E-state index contributed by atoms with van der Waals surface area (Å²) in [6.45, 7) is 4.18. The van der Waals surface area contributed by atoms with Crippen LogP contribution in [0.1, 0.15) is 361 Å². The van der Waals surface area contributed by atoms with Crippen molar-refractivity contribution in [3.63, 3.8) is 0 Å². The predicted octanol–water partition coefficient (Wildman–Crippen LogP) is 22.2. The Labute approximate surface area is 450 Å². The van der Waals surface area contributed by atoms with Gasteiger partial charge in [0.1, 0.15) is 6.61 Å². The van der Waals surface area contributed by atoms with Crippen molar-refractivity contribution < 1.29 is 24.2 Å². The molecule has 5 heteroatoms. The third-order valence-electron chi connectivity index (χ3n) is 14.9. The molecular weight excluding hydrogens is 885 g/mol. The van der Waals surface area contributed by atoms with Crippen LogP contribution in [0.25, 0.3) is 0 Å². The smallest absolute Gasteiger partial charge is 0.306 e. The molecule has 1 atom stereocenters. The molecule has 424 valence electrons. The number of esters is 2. The molecule has 1 N–H and O–H groups in total. The van der Waals surface area contributed by atoms with Gasteiger partial charge in [-0.3, -0.25) is 9.59 Å². The molecule has 0 radical (unpaired) electrons. The molecule has 0 aromatic rings. The molecule has 72 heavy (non-hydrogen) atoms. The minimum atomic E-state index is -0.771. The van der Waals surface area contributed by atoms with Gasteiger partial charge in [0.05, 0.1) is 6.61 Å². The summed E-state index contributed by atoms with van der Waals surface area (Å²) < 4.78 is 10.7. The van der Waals surface area contributed by atoms with Crippen molar-refractivity contribution in [1.82, 2.24) is 0 Å². The molecule has 0 saturated carbocycles. The average Bonchev–Trinajstić information content (AvgIpc) is 3.38.